The Morgan fingerprint density at radius 2 is 2.10 bits per heavy atom. The molecule has 1 aliphatic heterocycles. The molecule has 4 aromatic rings. The lowest BCUT2D eigenvalue weighted by atomic mass is 9.98. The molecule has 1 aromatic carbocycles. The predicted octanol–water partition coefficient (Wildman–Crippen LogP) is 2.91. The lowest BCUT2D eigenvalue weighted by molar-refractivity contribution is -0.133. The van der Waals surface area contributed by atoms with Crippen molar-refractivity contribution in [2.45, 2.75) is 25.3 Å². The molecule has 0 saturated carbocycles. The summed E-state index contributed by atoms with van der Waals surface area (Å²) in [6, 6.07) is 11.0. The van der Waals surface area contributed by atoms with E-state index in [2.05, 4.69) is 15.2 Å². The molecule has 1 aliphatic rings. The Hall–Kier alpha value is -3.33. The van der Waals surface area contributed by atoms with E-state index in [4.69, 9.17) is 4.42 Å². The van der Waals surface area contributed by atoms with Crippen molar-refractivity contribution >= 4 is 28.1 Å². The molecule has 8 nitrogen and oxygen atoms in total. The minimum Gasteiger partial charge on any atom is -0.420 e. The van der Waals surface area contributed by atoms with Crippen LogP contribution in [0.3, 0.4) is 0 Å². The van der Waals surface area contributed by atoms with Crippen LogP contribution in [0.1, 0.15) is 24.7 Å². The number of piperidine rings is 1. The van der Waals surface area contributed by atoms with Crippen molar-refractivity contribution in [2.24, 2.45) is 0 Å². The first-order valence-electron chi connectivity index (χ1n) is 9.78. The van der Waals surface area contributed by atoms with Crippen LogP contribution in [0.25, 0.3) is 21.7 Å². The Kier molecular flexibility index (Phi) is 4.88. The quantitative estimate of drug-likeness (QED) is 0.503. The minimum absolute atomic E-state index is 0.00429. The average Bonchev–Trinajstić information content (AvgIpc) is 3.48. The van der Waals surface area contributed by atoms with E-state index in [1.54, 1.807) is 34.4 Å². The fourth-order valence-electron chi connectivity index (χ4n) is 3.77. The smallest absolute Gasteiger partial charge is 0.261 e. The van der Waals surface area contributed by atoms with Crippen LogP contribution < -0.4 is 5.56 Å². The van der Waals surface area contributed by atoms with E-state index in [1.807, 2.05) is 23.6 Å². The number of carbonyl (C=O) groups excluding carboxylic acids is 1. The molecule has 9 heteroatoms. The lowest BCUT2D eigenvalue weighted by Crippen LogP contribution is -2.42. The standard InChI is InChI=1S/C21H19N5O3S/c27-18(12-26-13-22-16-7-2-1-6-15(16)21(26)28)25-9-3-5-14(11-25)19-23-24-20(29-19)17-8-4-10-30-17/h1-2,4,6-8,10,13-14H,3,5,9,11-12H2/t14-/m0/s1. The van der Waals surface area contributed by atoms with Gasteiger partial charge in [0.15, 0.2) is 0 Å². The molecule has 3 aromatic heterocycles. The van der Waals surface area contributed by atoms with Gasteiger partial charge in [-0.15, -0.1) is 21.5 Å². The maximum absolute atomic E-state index is 12.9. The number of fused-ring (bicyclic) bond motifs is 1. The summed E-state index contributed by atoms with van der Waals surface area (Å²) >= 11 is 1.55. The van der Waals surface area contributed by atoms with Gasteiger partial charge in [0.2, 0.25) is 11.8 Å². The monoisotopic (exact) mass is 421 g/mol. The number of para-hydroxylation sites is 1. The van der Waals surface area contributed by atoms with E-state index in [0.29, 0.717) is 35.8 Å². The Morgan fingerprint density at radius 3 is 2.97 bits per heavy atom. The van der Waals surface area contributed by atoms with Crippen molar-refractivity contribution < 1.29 is 9.21 Å². The second-order valence-corrected chi connectivity index (χ2v) is 8.24. The van der Waals surface area contributed by atoms with Crippen LogP contribution in [0.5, 0.6) is 0 Å². The zero-order valence-electron chi connectivity index (χ0n) is 16.1. The molecule has 0 aliphatic carbocycles. The van der Waals surface area contributed by atoms with Gasteiger partial charge in [-0.1, -0.05) is 18.2 Å². The van der Waals surface area contributed by atoms with Gasteiger partial charge >= 0.3 is 0 Å². The van der Waals surface area contributed by atoms with E-state index in [1.165, 1.54) is 10.9 Å². The Bertz CT molecular complexity index is 1250. The van der Waals surface area contributed by atoms with Crippen molar-refractivity contribution in [2.75, 3.05) is 13.1 Å². The fraction of sp³-hybridized carbons (Fsp3) is 0.286. The summed E-state index contributed by atoms with van der Waals surface area (Å²) in [6.45, 7) is 1.12. The fourth-order valence-corrected chi connectivity index (χ4v) is 4.41. The van der Waals surface area contributed by atoms with Gasteiger partial charge in [-0.3, -0.25) is 14.2 Å². The molecule has 0 spiro atoms. The molecule has 0 bridgehead atoms. The summed E-state index contributed by atoms with van der Waals surface area (Å²) in [6.07, 6.45) is 3.17. The van der Waals surface area contributed by atoms with E-state index < -0.39 is 0 Å². The summed E-state index contributed by atoms with van der Waals surface area (Å²) in [5.74, 6) is 0.949. The van der Waals surface area contributed by atoms with Gasteiger partial charge in [0, 0.05) is 13.1 Å². The van der Waals surface area contributed by atoms with Crippen LogP contribution in [0.2, 0.25) is 0 Å². The second kappa shape index (κ2) is 7.83. The summed E-state index contributed by atoms with van der Waals surface area (Å²) in [5, 5.41) is 10.8. The summed E-state index contributed by atoms with van der Waals surface area (Å²) in [5.41, 5.74) is 0.419. The zero-order valence-corrected chi connectivity index (χ0v) is 16.9. The molecule has 0 unspecified atom stereocenters. The SMILES string of the molecule is O=C(Cn1cnc2ccccc2c1=O)N1CCC[C@H](c2nnc(-c3cccs3)o2)C1. The molecule has 5 rings (SSSR count). The van der Waals surface area contributed by atoms with Gasteiger partial charge in [0.1, 0.15) is 6.54 Å². The third kappa shape index (κ3) is 3.52. The third-order valence-corrected chi connectivity index (χ3v) is 6.19. The van der Waals surface area contributed by atoms with E-state index in [-0.39, 0.29) is 23.9 Å². The first-order valence-corrected chi connectivity index (χ1v) is 10.7. The van der Waals surface area contributed by atoms with Crippen LogP contribution in [0.15, 0.2) is 57.3 Å². The highest BCUT2D eigenvalue weighted by Gasteiger charge is 2.29. The van der Waals surface area contributed by atoms with Crippen LogP contribution in [-0.2, 0) is 11.3 Å². The van der Waals surface area contributed by atoms with Gasteiger partial charge < -0.3 is 9.32 Å². The molecule has 0 radical (unpaired) electrons. The number of thiophene rings is 1. The lowest BCUT2D eigenvalue weighted by Gasteiger charge is -2.31. The van der Waals surface area contributed by atoms with Gasteiger partial charge in [0.05, 0.1) is 28.0 Å². The molecule has 1 amide bonds. The highest BCUT2D eigenvalue weighted by molar-refractivity contribution is 7.13. The number of carbonyl (C=O) groups is 1. The number of benzene rings is 1. The van der Waals surface area contributed by atoms with E-state index in [9.17, 15) is 9.59 Å². The number of hydrogen-bond donors (Lipinski definition) is 0. The molecular weight excluding hydrogens is 402 g/mol. The maximum atomic E-state index is 12.9. The zero-order chi connectivity index (χ0) is 20.5. The van der Waals surface area contributed by atoms with Gasteiger partial charge in [-0.25, -0.2) is 4.98 Å². The van der Waals surface area contributed by atoms with Crippen LogP contribution >= 0.6 is 11.3 Å². The van der Waals surface area contributed by atoms with Crippen LogP contribution in [-0.4, -0.2) is 43.6 Å². The maximum Gasteiger partial charge on any atom is 0.261 e. The van der Waals surface area contributed by atoms with Crippen molar-refractivity contribution in [3.8, 4) is 10.8 Å². The predicted molar refractivity (Wildman–Crippen MR) is 112 cm³/mol. The second-order valence-electron chi connectivity index (χ2n) is 7.30. The van der Waals surface area contributed by atoms with E-state index >= 15 is 0 Å². The highest BCUT2D eigenvalue weighted by Crippen LogP contribution is 2.30. The number of hydrogen-bond acceptors (Lipinski definition) is 7. The van der Waals surface area contributed by atoms with Gasteiger partial charge in [0.25, 0.3) is 11.4 Å². The average molecular weight is 421 g/mol. The molecule has 152 valence electrons. The first-order chi connectivity index (χ1) is 14.7. The highest BCUT2D eigenvalue weighted by atomic mass is 32.1. The van der Waals surface area contributed by atoms with Gasteiger partial charge in [-0.05, 0) is 36.4 Å². The largest absolute Gasteiger partial charge is 0.420 e. The molecular formula is C21H19N5O3S. The number of amides is 1. The third-order valence-electron chi connectivity index (χ3n) is 5.33. The first kappa shape index (κ1) is 18.7. The van der Waals surface area contributed by atoms with Crippen LogP contribution in [0.4, 0.5) is 0 Å². The minimum atomic E-state index is -0.208. The van der Waals surface area contributed by atoms with Gasteiger partial charge in [-0.2, -0.15) is 0 Å². The van der Waals surface area contributed by atoms with Crippen LogP contribution in [0, 0.1) is 0 Å². The Balaban J connectivity index is 1.31. The van der Waals surface area contributed by atoms with E-state index in [0.717, 1.165) is 17.7 Å². The molecule has 4 heterocycles. The number of nitrogens with zero attached hydrogens (tertiary/aromatic N) is 5. The molecule has 1 saturated heterocycles. The van der Waals surface area contributed by atoms with Crippen molar-refractivity contribution in [3.63, 3.8) is 0 Å². The molecule has 1 atom stereocenters. The number of aromatic nitrogens is 4. The normalized spacial score (nSPS) is 16.8. The van der Waals surface area contributed by atoms with Crippen molar-refractivity contribution in [3.05, 3.63) is 64.4 Å². The summed E-state index contributed by atoms with van der Waals surface area (Å²) in [7, 11) is 0. The molecule has 0 N–H and O–H groups in total. The summed E-state index contributed by atoms with van der Waals surface area (Å²) in [4.78, 5) is 32.6. The summed E-state index contributed by atoms with van der Waals surface area (Å²) < 4.78 is 7.24. The topological polar surface area (TPSA) is 94.1 Å². The number of likely N-dealkylation sites (tertiary alicyclic amines) is 1. The van der Waals surface area contributed by atoms with Crippen molar-refractivity contribution in [1.82, 2.24) is 24.6 Å². The Labute approximate surface area is 175 Å². The number of rotatable bonds is 4. The molecule has 1 fully saturated rings. The Morgan fingerprint density at radius 1 is 1.20 bits per heavy atom. The molecule has 30 heavy (non-hydrogen) atoms. The van der Waals surface area contributed by atoms with Crippen molar-refractivity contribution in [1.29, 1.82) is 0 Å².